The molecule has 2 saturated carbocycles. The average Bonchev–Trinajstić information content (AvgIpc) is 3.24. The van der Waals surface area contributed by atoms with Crippen molar-refractivity contribution < 1.29 is 13.2 Å². The third kappa shape index (κ3) is 4.40. The van der Waals surface area contributed by atoms with Crippen LogP contribution in [0.15, 0.2) is 28.7 Å². The summed E-state index contributed by atoms with van der Waals surface area (Å²) in [5, 5.41) is 3.27. The molecule has 1 heterocycles. The van der Waals surface area contributed by atoms with Gasteiger partial charge in [-0.1, -0.05) is 34.5 Å². The second kappa shape index (κ2) is 7.84. The van der Waals surface area contributed by atoms with Crippen LogP contribution in [0.2, 0.25) is 0 Å². The van der Waals surface area contributed by atoms with Gasteiger partial charge in [0.05, 0.1) is 5.75 Å². The molecule has 148 valence electrons. The van der Waals surface area contributed by atoms with Gasteiger partial charge in [-0.25, -0.2) is 12.7 Å². The second-order valence-corrected chi connectivity index (χ2v) is 11.2. The van der Waals surface area contributed by atoms with Gasteiger partial charge in [-0.05, 0) is 61.6 Å². The Morgan fingerprint density at radius 3 is 2.56 bits per heavy atom. The van der Waals surface area contributed by atoms with Gasteiger partial charge in [0.15, 0.2) is 0 Å². The molecule has 3 aliphatic rings. The zero-order valence-electron chi connectivity index (χ0n) is 15.4. The number of nitrogens with zero attached hydrogens (tertiary/aromatic N) is 1. The lowest BCUT2D eigenvalue weighted by atomic mass is 9.93. The van der Waals surface area contributed by atoms with Crippen molar-refractivity contribution in [1.82, 2.24) is 9.62 Å². The Bertz CT molecular complexity index is 805. The van der Waals surface area contributed by atoms with Gasteiger partial charge in [-0.3, -0.25) is 4.79 Å². The van der Waals surface area contributed by atoms with Crippen molar-refractivity contribution >= 4 is 31.9 Å². The zero-order chi connectivity index (χ0) is 19.0. The van der Waals surface area contributed by atoms with Gasteiger partial charge in [-0.2, -0.15) is 0 Å². The van der Waals surface area contributed by atoms with Crippen LogP contribution >= 0.6 is 15.9 Å². The number of sulfonamides is 1. The lowest BCUT2D eigenvalue weighted by Crippen LogP contribution is -2.46. The second-order valence-electron chi connectivity index (χ2n) is 8.35. The maximum absolute atomic E-state index is 12.7. The van der Waals surface area contributed by atoms with Crippen LogP contribution in [-0.2, 0) is 20.6 Å². The number of rotatable bonds is 5. The Balaban J connectivity index is 1.29. The molecule has 4 rings (SSSR count). The summed E-state index contributed by atoms with van der Waals surface area (Å²) in [5.41, 5.74) is 0.778. The van der Waals surface area contributed by atoms with Crippen molar-refractivity contribution in [1.29, 1.82) is 0 Å². The van der Waals surface area contributed by atoms with E-state index in [9.17, 15) is 13.2 Å². The van der Waals surface area contributed by atoms with Crippen LogP contribution in [0, 0.1) is 17.8 Å². The fourth-order valence-corrected chi connectivity index (χ4v) is 7.04. The molecule has 0 radical (unpaired) electrons. The van der Waals surface area contributed by atoms with E-state index in [2.05, 4.69) is 21.2 Å². The minimum Gasteiger partial charge on any atom is -0.353 e. The highest BCUT2D eigenvalue weighted by atomic mass is 79.9. The normalized spacial score (nSPS) is 29.1. The third-order valence-corrected chi connectivity index (χ3v) is 8.87. The molecule has 1 N–H and O–H groups in total. The molecule has 7 heteroatoms. The van der Waals surface area contributed by atoms with Crippen molar-refractivity contribution in [2.24, 2.45) is 17.8 Å². The van der Waals surface area contributed by atoms with Gasteiger partial charge in [-0.15, -0.1) is 0 Å². The van der Waals surface area contributed by atoms with E-state index in [0.717, 1.165) is 22.4 Å². The molecule has 1 saturated heterocycles. The summed E-state index contributed by atoms with van der Waals surface area (Å²) < 4.78 is 27.9. The SMILES string of the molecule is O=C(N[C@@H]1C[C@H]2CC[C@@H]1C2)C1CCN(S(=O)(=O)Cc2cccc(Br)c2)CC1. The Morgan fingerprint density at radius 1 is 1.15 bits per heavy atom. The molecule has 1 aliphatic heterocycles. The first-order chi connectivity index (χ1) is 12.9. The fraction of sp³-hybridized carbons (Fsp3) is 0.650. The van der Waals surface area contributed by atoms with E-state index in [1.54, 1.807) is 4.31 Å². The smallest absolute Gasteiger partial charge is 0.223 e. The van der Waals surface area contributed by atoms with Crippen LogP contribution in [0.25, 0.3) is 0 Å². The molecule has 5 nitrogen and oxygen atoms in total. The highest BCUT2D eigenvalue weighted by molar-refractivity contribution is 9.10. The summed E-state index contributed by atoms with van der Waals surface area (Å²) in [4.78, 5) is 12.6. The number of halogens is 1. The van der Waals surface area contributed by atoms with E-state index in [4.69, 9.17) is 0 Å². The van der Waals surface area contributed by atoms with Crippen LogP contribution in [-0.4, -0.2) is 37.8 Å². The van der Waals surface area contributed by atoms with Crippen molar-refractivity contribution in [3.05, 3.63) is 34.3 Å². The van der Waals surface area contributed by atoms with Crippen LogP contribution < -0.4 is 5.32 Å². The first-order valence-electron chi connectivity index (χ1n) is 9.93. The van der Waals surface area contributed by atoms with E-state index in [-0.39, 0.29) is 17.6 Å². The van der Waals surface area contributed by atoms with Crippen LogP contribution in [0.4, 0.5) is 0 Å². The highest BCUT2D eigenvalue weighted by Crippen LogP contribution is 2.44. The molecule has 0 unspecified atom stereocenters. The zero-order valence-corrected chi connectivity index (χ0v) is 17.8. The van der Waals surface area contributed by atoms with Crippen molar-refractivity contribution in [2.75, 3.05) is 13.1 Å². The van der Waals surface area contributed by atoms with Gasteiger partial charge < -0.3 is 5.32 Å². The lowest BCUT2D eigenvalue weighted by molar-refractivity contribution is -0.127. The number of carbonyl (C=O) groups is 1. The van der Waals surface area contributed by atoms with Crippen molar-refractivity contribution in [2.45, 2.75) is 50.3 Å². The molecular weight excluding hydrogens is 428 g/mol. The van der Waals surface area contributed by atoms with Gasteiger partial charge in [0.2, 0.25) is 15.9 Å². The van der Waals surface area contributed by atoms with Gasteiger partial charge in [0.25, 0.3) is 0 Å². The summed E-state index contributed by atoms with van der Waals surface area (Å²) in [7, 11) is -3.35. The number of carbonyl (C=O) groups excluding carboxylic acids is 1. The average molecular weight is 455 g/mol. The molecule has 1 aromatic carbocycles. The first kappa shape index (κ1) is 19.4. The molecule has 1 aromatic rings. The Kier molecular flexibility index (Phi) is 5.63. The summed E-state index contributed by atoms with van der Waals surface area (Å²) in [5.74, 6) is 1.57. The summed E-state index contributed by atoms with van der Waals surface area (Å²) in [6.07, 6.45) is 6.22. The van der Waals surface area contributed by atoms with Crippen LogP contribution in [0.5, 0.6) is 0 Å². The number of nitrogens with one attached hydrogen (secondary N) is 1. The molecule has 0 aromatic heterocycles. The molecule has 3 fully saturated rings. The molecule has 27 heavy (non-hydrogen) atoms. The van der Waals surface area contributed by atoms with E-state index in [0.29, 0.717) is 37.9 Å². The molecule has 1 amide bonds. The van der Waals surface area contributed by atoms with E-state index >= 15 is 0 Å². The number of fused-ring (bicyclic) bond motifs is 2. The van der Waals surface area contributed by atoms with E-state index in [1.807, 2.05) is 24.3 Å². The van der Waals surface area contributed by atoms with Gasteiger partial charge in [0, 0.05) is 29.5 Å². The first-order valence-corrected chi connectivity index (χ1v) is 12.3. The molecule has 3 atom stereocenters. The molecule has 2 bridgehead atoms. The highest BCUT2D eigenvalue weighted by Gasteiger charge is 2.41. The largest absolute Gasteiger partial charge is 0.353 e. The van der Waals surface area contributed by atoms with Crippen LogP contribution in [0.1, 0.15) is 44.1 Å². The van der Waals surface area contributed by atoms with Crippen molar-refractivity contribution in [3.8, 4) is 0 Å². The lowest BCUT2D eigenvalue weighted by Gasteiger charge is -2.32. The topological polar surface area (TPSA) is 66.5 Å². The maximum Gasteiger partial charge on any atom is 0.223 e. The fourth-order valence-electron chi connectivity index (χ4n) is 5.05. The summed E-state index contributed by atoms with van der Waals surface area (Å²) >= 11 is 3.38. The van der Waals surface area contributed by atoms with Gasteiger partial charge >= 0.3 is 0 Å². The monoisotopic (exact) mass is 454 g/mol. The number of piperidine rings is 1. The maximum atomic E-state index is 12.7. The molecule has 2 aliphatic carbocycles. The standard InChI is InChI=1S/C20H27BrN2O3S/c21-18-3-1-2-15(11-18)13-27(25,26)23-8-6-16(7-9-23)20(24)22-19-12-14-4-5-17(19)10-14/h1-3,11,14,16-17,19H,4-10,12-13H2,(H,22,24)/t14-,17+,19+/m0/s1. The predicted octanol–water partition coefficient (Wildman–Crippen LogP) is 3.30. The van der Waals surface area contributed by atoms with E-state index in [1.165, 1.54) is 19.3 Å². The quantitative estimate of drug-likeness (QED) is 0.741. The minimum atomic E-state index is -3.35. The van der Waals surface area contributed by atoms with Crippen LogP contribution in [0.3, 0.4) is 0 Å². The van der Waals surface area contributed by atoms with Crippen molar-refractivity contribution in [3.63, 3.8) is 0 Å². The third-order valence-electron chi connectivity index (χ3n) is 6.52. The number of benzene rings is 1. The summed E-state index contributed by atoms with van der Waals surface area (Å²) in [6.45, 7) is 0.871. The number of amides is 1. The Hall–Kier alpha value is -0.920. The number of hydrogen-bond acceptors (Lipinski definition) is 3. The molecule has 0 spiro atoms. The Labute approximate surface area is 170 Å². The molecular formula is C20H27BrN2O3S. The van der Waals surface area contributed by atoms with E-state index < -0.39 is 10.0 Å². The number of hydrogen-bond donors (Lipinski definition) is 1. The Morgan fingerprint density at radius 2 is 1.93 bits per heavy atom. The summed E-state index contributed by atoms with van der Waals surface area (Å²) in [6, 6.07) is 7.76. The predicted molar refractivity (Wildman–Crippen MR) is 108 cm³/mol. The minimum absolute atomic E-state index is 0.00838. The van der Waals surface area contributed by atoms with Gasteiger partial charge in [0.1, 0.15) is 0 Å².